The fraction of sp³-hybridized carbons (Fsp3) is 0.438. The minimum Gasteiger partial charge on any atom is -0.372 e. The van der Waals surface area contributed by atoms with E-state index in [2.05, 4.69) is 59.7 Å². The van der Waals surface area contributed by atoms with E-state index in [4.69, 9.17) is 5.73 Å². The van der Waals surface area contributed by atoms with E-state index < -0.39 is 0 Å². The molecule has 2 N–H and O–H groups in total. The molecule has 0 radical (unpaired) electrons. The molecule has 0 amide bonds. The van der Waals surface area contributed by atoms with Gasteiger partial charge in [0.2, 0.25) is 5.95 Å². The van der Waals surface area contributed by atoms with E-state index in [9.17, 15) is 0 Å². The molecule has 2 rings (SSSR count). The highest BCUT2D eigenvalue weighted by Crippen LogP contribution is 2.29. The smallest absolute Gasteiger partial charge is 0.223 e. The van der Waals surface area contributed by atoms with Crippen molar-refractivity contribution in [1.29, 1.82) is 0 Å². The van der Waals surface area contributed by atoms with Crippen LogP contribution in [0.4, 0.5) is 11.6 Å². The van der Waals surface area contributed by atoms with Crippen LogP contribution in [0.2, 0.25) is 0 Å². The average Bonchev–Trinajstić information content (AvgIpc) is 2.41. The highest BCUT2D eigenvalue weighted by atomic mass is 15.1. The Labute approximate surface area is 126 Å². The molecule has 5 nitrogen and oxygen atoms in total. The highest BCUT2D eigenvalue weighted by Gasteiger charge is 2.13. The lowest BCUT2D eigenvalue weighted by Gasteiger charge is -2.26. The summed E-state index contributed by atoms with van der Waals surface area (Å²) >= 11 is 0. The van der Waals surface area contributed by atoms with Crippen LogP contribution >= 0.6 is 0 Å². The van der Waals surface area contributed by atoms with Gasteiger partial charge in [-0.15, -0.1) is 0 Å². The van der Waals surface area contributed by atoms with Gasteiger partial charge in [-0.2, -0.15) is 9.97 Å². The van der Waals surface area contributed by atoms with Crippen LogP contribution in [0.1, 0.15) is 30.8 Å². The molecule has 0 spiro atoms. The van der Waals surface area contributed by atoms with Crippen LogP contribution < -0.4 is 10.6 Å². The first-order valence-electron chi connectivity index (χ1n) is 7.31. The van der Waals surface area contributed by atoms with Crippen LogP contribution in [0.5, 0.6) is 0 Å². The van der Waals surface area contributed by atoms with Crippen LogP contribution in [0.25, 0.3) is 11.4 Å². The van der Waals surface area contributed by atoms with E-state index in [1.165, 1.54) is 16.8 Å². The van der Waals surface area contributed by atoms with Crippen molar-refractivity contribution < 1.29 is 0 Å². The number of hydrogen-bond acceptors (Lipinski definition) is 5. The van der Waals surface area contributed by atoms with Crippen LogP contribution in [0.15, 0.2) is 12.1 Å². The predicted molar refractivity (Wildman–Crippen MR) is 87.4 cm³/mol. The maximum atomic E-state index is 5.72. The third-order valence-electron chi connectivity index (χ3n) is 3.59. The summed E-state index contributed by atoms with van der Waals surface area (Å²) in [4.78, 5) is 15.0. The van der Waals surface area contributed by atoms with Crippen LogP contribution in [0.3, 0.4) is 0 Å². The van der Waals surface area contributed by atoms with Crippen molar-refractivity contribution in [2.45, 2.75) is 34.6 Å². The number of hydrogen-bond donors (Lipinski definition) is 1. The lowest BCUT2D eigenvalue weighted by Crippen LogP contribution is -2.23. The number of aryl methyl sites for hydroxylation is 3. The normalized spacial score (nSPS) is 10.7. The number of nitrogens with zero attached hydrogens (tertiary/aromatic N) is 4. The van der Waals surface area contributed by atoms with Gasteiger partial charge >= 0.3 is 0 Å². The van der Waals surface area contributed by atoms with Crippen LogP contribution in [-0.4, -0.2) is 28.0 Å². The van der Waals surface area contributed by atoms with E-state index in [-0.39, 0.29) is 5.95 Å². The lowest BCUT2D eigenvalue weighted by atomic mass is 10.0. The largest absolute Gasteiger partial charge is 0.372 e. The Balaban J connectivity index is 2.53. The first-order chi connectivity index (χ1) is 9.96. The van der Waals surface area contributed by atoms with Crippen molar-refractivity contribution in [3.05, 3.63) is 29.1 Å². The second kappa shape index (κ2) is 6.08. The fourth-order valence-electron chi connectivity index (χ4n) is 2.76. The fourth-order valence-corrected chi connectivity index (χ4v) is 2.76. The Morgan fingerprint density at radius 3 is 2.00 bits per heavy atom. The number of rotatable bonds is 4. The number of aromatic nitrogens is 3. The van der Waals surface area contributed by atoms with E-state index in [0.29, 0.717) is 11.6 Å². The number of anilines is 2. The number of benzene rings is 1. The Kier molecular flexibility index (Phi) is 4.40. The van der Waals surface area contributed by atoms with E-state index in [1.54, 1.807) is 0 Å². The van der Waals surface area contributed by atoms with Gasteiger partial charge in [0.25, 0.3) is 0 Å². The summed E-state index contributed by atoms with van der Waals surface area (Å²) in [6.45, 7) is 12.4. The summed E-state index contributed by atoms with van der Waals surface area (Å²) in [6.07, 6.45) is 0. The number of nitrogens with two attached hydrogens (primary N) is 1. The first-order valence-corrected chi connectivity index (χ1v) is 7.31. The molecule has 1 heterocycles. The molecule has 0 saturated heterocycles. The summed E-state index contributed by atoms with van der Waals surface area (Å²) in [5.41, 5.74) is 10.5. The second-order valence-electron chi connectivity index (χ2n) is 5.20. The molecular weight excluding hydrogens is 262 g/mol. The summed E-state index contributed by atoms with van der Waals surface area (Å²) < 4.78 is 0. The molecule has 0 fully saturated rings. The van der Waals surface area contributed by atoms with Crippen molar-refractivity contribution in [1.82, 2.24) is 15.0 Å². The standard InChI is InChI=1S/C16H23N5/c1-6-21(7-2)14-10(3)8-13(9-11(14)4)15-18-12(5)19-16(17)20-15/h8-9H,6-7H2,1-5H3,(H2,17,18,19,20). The number of nitrogen functional groups attached to an aromatic ring is 1. The Morgan fingerprint density at radius 2 is 1.52 bits per heavy atom. The van der Waals surface area contributed by atoms with Crippen molar-refractivity contribution in [3.63, 3.8) is 0 Å². The second-order valence-corrected chi connectivity index (χ2v) is 5.20. The first kappa shape index (κ1) is 15.2. The van der Waals surface area contributed by atoms with Gasteiger partial charge in [-0.3, -0.25) is 0 Å². The summed E-state index contributed by atoms with van der Waals surface area (Å²) in [7, 11) is 0. The van der Waals surface area contributed by atoms with Crippen molar-refractivity contribution in [2.75, 3.05) is 23.7 Å². The topological polar surface area (TPSA) is 67.9 Å². The molecule has 112 valence electrons. The molecule has 1 aromatic heterocycles. The van der Waals surface area contributed by atoms with Gasteiger partial charge in [-0.05, 0) is 57.9 Å². The molecule has 5 heteroatoms. The third-order valence-corrected chi connectivity index (χ3v) is 3.59. The zero-order valence-corrected chi connectivity index (χ0v) is 13.4. The van der Waals surface area contributed by atoms with Crippen LogP contribution in [-0.2, 0) is 0 Å². The van der Waals surface area contributed by atoms with Gasteiger partial charge in [0.05, 0.1) is 0 Å². The lowest BCUT2D eigenvalue weighted by molar-refractivity contribution is 0.857. The van der Waals surface area contributed by atoms with Gasteiger partial charge in [0.15, 0.2) is 5.82 Å². The molecule has 21 heavy (non-hydrogen) atoms. The molecule has 2 aromatic rings. The quantitative estimate of drug-likeness (QED) is 0.935. The molecule has 0 saturated carbocycles. The minimum absolute atomic E-state index is 0.264. The molecule has 0 unspecified atom stereocenters. The molecular formula is C16H23N5. The Hall–Kier alpha value is -2.17. The average molecular weight is 285 g/mol. The van der Waals surface area contributed by atoms with Crippen LogP contribution in [0, 0.1) is 20.8 Å². The highest BCUT2D eigenvalue weighted by molar-refractivity contribution is 5.68. The molecule has 1 aromatic carbocycles. The van der Waals surface area contributed by atoms with Crippen molar-refractivity contribution in [2.24, 2.45) is 0 Å². The van der Waals surface area contributed by atoms with Gasteiger partial charge < -0.3 is 10.6 Å². The summed E-state index contributed by atoms with van der Waals surface area (Å²) in [5, 5.41) is 0. The van der Waals surface area contributed by atoms with E-state index >= 15 is 0 Å². The molecule has 0 atom stereocenters. The maximum absolute atomic E-state index is 5.72. The van der Waals surface area contributed by atoms with Crippen molar-refractivity contribution in [3.8, 4) is 11.4 Å². The molecule has 0 aliphatic carbocycles. The zero-order chi connectivity index (χ0) is 15.6. The predicted octanol–water partition coefficient (Wildman–Crippen LogP) is 2.89. The molecule has 0 aliphatic heterocycles. The van der Waals surface area contributed by atoms with Gasteiger partial charge in [0.1, 0.15) is 5.82 Å². The third kappa shape index (κ3) is 3.12. The van der Waals surface area contributed by atoms with E-state index in [1.807, 2.05) is 6.92 Å². The van der Waals surface area contributed by atoms with Gasteiger partial charge in [0, 0.05) is 24.3 Å². The van der Waals surface area contributed by atoms with Crippen molar-refractivity contribution >= 4 is 11.6 Å². The molecule has 0 aliphatic rings. The Morgan fingerprint density at radius 1 is 0.952 bits per heavy atom. The Bertz CT molecular complexity index is 604. The summed E-state index contributed by atoms with van der Waals surface area (Å²) in [6, 6.07) is 4.24. The van der Waals surface area contributed by atoms with E-state index in [0.717, 1.165) is 18.7 Å². The van der Waals surface area contributed by atoms with Gasteiger partial charge in [-0.25, -0.2) is 4.98 Å². The monoisotopic (exact) mass is 285 g/mol. The SMILES string of the molecule is CCN(CC)c1c(C)cc(-c2nc(C)nc(N)n2)cc1C. The zero-order valence-electron chi connectivity index (χ0n) is 13.4. The maximum Gasteiger partial charge on any atom is 0.223 e. The molecule has 0 bridgehead atoms. The summed E-state index contributed by atoms with van der Waals surface area (Å²) in [5.74, 6) is 1.54. The minimum atomic E-state index is 0.264. The van der Waals surface area contributed by atoms with Gasteiger partial charge in [-0.1, -0.05) is 0 Å².